The molecule has 1 heterocycles. The van der Waals surface area contributed by atoms with Gasteiger partial charge in [-0.1, -0.05) is 20.8 Å². The number of hydrogen-bond donors (Lipinski definition) is 2. The minimum absolute atomic E-state index is 0.0263. The van der Waals surface area contributed by atoms with Crippen LogP contribution >= 0.6 is 0 Å². The fraction of sp³-hybridized carbons (Fsp3) is 0.929. The van der Waals surface area contributed by atoms with Gasteiger partial charge in [0.05, 0.1) is 11.5 Å². The predicted molar refractivity (Wildman–Crippen MR) is 71.6 cm³/mol. The van der Waals surface area contributed by atoms with Gasteiger partial charge in [0, 0.05) is 13.7 Å². The van der Waals surface area contributed by atoms with Crippen LogP contribution in [0.3, 0.4) is 0 Å². The quantitative estimate of drug-likeness (QED) is 0.810. The van der Waals surface area contributed by atoms with E-state index in [1.807, 2.05) is 6.92 Å². The zero-order valence-electron chi connectivity index (χ0n) is 12.2. The highest BCUT2D eigenvalue weighted by molar-refractivity contribution is 5.75. The molecule has 2 N–H and O–H groups in total. The number of rotatable bonds is 4. The van der Waals surface area contributed by atoms with Crippen molar-refractivity contribution in [2.24, 2.45) is 16.7 Å². The first kappa shape index (κ1) is 15.4. The average molecular weight is 257 g/mol. The minimum Gasteiger partial charge on any atom is -0.481 e. The number of ether oxygens (including phenoxy) is 1. The molecule has 1 saturated heterocycles. The third-order valence-corrected chi connectivity index (χ3v) is 4.25. The summed E-state index contributed by atoms with van der Waals surface area (Å²) >= 11 is 0. The smallest absolute Gasteiger partial charge is 0.311 e. The monoisotopic (exact) mass is 257 g/mol. The number of aliphatic carboxylic acids is 1. The number of piperidine rings is 1. The minimum atomic E-state index is -0.701. The zero-order valence-corrected chi connectivity index (χ0v) is 12.2. The molecule has 0 aromatic rings. The van der Waals surface area contributed by atoms with E-state index in [-0.39, 0.29) is 11.5 Å². The Balaban J connectivity index is 2.87. The van der Waals surface area contributed by atoms with E-state index in [0.29, 0.717) is 18.9 Å². The molecule has 1 fully saturated rings. The summed E-state index contributed by atoms with van der Waals surface area (Å²) in [5.74, 6) is -0.320. The molecule has 4 nitrogen and oxygen atoms in total. The highest BCUT2D eigenvalue weighted by atomic mass is 16.5. The van der Waals surface area contributed by atoms with Crippen molar-refractivity contribution in [1.82, 2.24) is 5.32 Å². The van der Waals surface area contributed by atoms with Crippen LogP contribution in [0.25, 0.3) is 0 Å². The molecule has 1 rings (SSSR count). The van der Waals surface area contributed by atoms with Crippen LogP contribution < -0.4 is 5.32 Å². The summed E-state index contributed by atoms with van der Waals surface area (Å²) in [4.78, 5) is 11.7. The molecule has 18 heavy (non-hydrogen) atoms. The molecule has 0 aromatic heterocycles. The number of carboxylic acids is 1. The Morgan fingerprint density at radius 2 is 2.17 bits per heavy atom. The number of hydrogen-bond acceptors (Lipinski definition) is 3. The van der Waals surface area contributed by atoms with Crippen LogP contribution in [0.5, 0.6) is 0 Å². The molecule has 3 atom stereocenters. The molecule has 0 aliphatic carbocycles. The Morgan fingerprint density at radius 1 is 1.56 bits per heavy atom. The molecule has 0 aromatic carbocycles. The second kappa shape index (κ2) is 5.57. The van der Waals surface area contributed by atoms with E-state index in [1.165, 1.54) is 0 Å². The number of carbonyl (C=O) groups is 1. The maximum atomic E-state index is 11.7. The van der Waals surface area contributed by atoms with Crippen molar-refractivity contribution in [3.8, 4) is 0 Å². The molecule has 1 aliphatic rings. The van der Waals surface area contributed by atoms with Crippen LogP contribution in [0.4, 0.5) is 0 Å². The summed E-state index contributed by atoms with van der Waals surface area (Å²) in [5.41, 5.74) is -0.559. The van der Waals surface area contributed by atoms with Gasteiger partial charge in [-0.2, -0.15) is 0 Å². The Morgan fingerprint density at radius 3 is 2.61 bits per heavy atom. The zero-order chi connectivity index (χ0) is 14.0. The summed E-state index contributed by atoms with van der Waals surface area (Å²) in [6, 6.07) is 0. The van der Waals surface area contributed by atoms with E-state index >= 15 is 0 Å². The molecule has 1 unspecified atom stereocenters. The van der Waals surface area contributed by atoms with E-state index in [1.54, 1.807) is 7.11 Å². The van der Waals surface area contributed by atoms with Crippen LogP contribution in [0, 0.1) is 16.7 Å². The van der Waals surface area contributed by atoms with E-state index in [9.17, 15) is 9.90 Å². The molecule has 1 aliphatic heterocycles. The van der Waals surface area contributed by atoms with E-state index in [0.717, 1.165) is 13.0 Å². The Labute approximate surface area is 110 Å². The largest absolute Gasteiger partial charge is 0.481 e. The van der Waals surface area contributed by atoms with E-state index in [2.05, 4.69) is 26.1 Å². The molecule has 0 amide bonds. The predicted octanol–water partition coefficient (Wildman–Crippen LogP) is 2.14. The number of methoxy groups -OCH3 is 1. The Hall–Kier alpha value is -0.610. The van der Waals surface area contributed by atoms with Crippen molar-refractivity contribution in [3.63, 3.8) is 0 Å². The third kappa shape index (κ3) is 3.45. The SMILES string of the molecule is COC(C)C[C@]1(C(=O)O)CNC[C@H](C(C)(C)C)C1. The van der Waals surface area contributed by atoms with Crippen LogP contribution in [-0.4, -0.2) is 37.4 Å². The van der Waals surface area contributed by atoms with Crippen molar-refractivity contribution in [2.75, 3.05) is 20.2 Å². The first-order valence-electron chi connectivity index (χ1n) is 6.68. The fourth-order valence-electron chi connectivity index (χ4n) is 2.75. The van der Waals surface area contributed by atoms with Gasteiger partial charge in [0.1, 0.15) is 0 Å². The second-order valence-corrected chi connectivity index (χ2v) is 6.73. The summed E-state index contributed by atoms with van der Waals surface area (Å²) in [7, 11) is 1.64. The van der Waals surface area contributed by atoms with Crippen molar-refractivity contribution < 1.29 is 14.6 Å². The lowest BCUT2D eigenvalue weighted by molar-refractivity contribution is -0.154. The Bertz CT molecular complexity index is 298. The van der Waals surface area contributed by atoms with Crippen molar-refractivity contribution >= 4 is 5.97 Å². The van der Waals surface area contributed by atoms with Gasteiger partial charge in [-0.25, -0.2) is 0 Å². The van der Waals surface area contributed by atoms with Crippen molar-refractivity contribution in [2.45, 2.75) is 46.6 Å². The normalized spacial score (nSPS) is 31.1. The summed E-state index contributed by atoms with van der Waals surface area (Å²) in [5, 5.41) is 12.9. The maximum Gasteiger partial charge on any atom is 0.311 e. The van der Waals surface area contributed by atoms with Gasteiger partial charge in [-0.15, -0.1) is 0 Å². The summed E-state index contributed by atoms with van der Waals surface area (Å²) < 4.78 is 5.26. The lowest BCUT2D eigenvalue weighted by Crippen LogP contribution is -2.53. The number of nitrogens with one attached hydrogen (secondary N) is 1. The van der Waals surface area contributed by atoms with Crippen LogP contribution in [0.2, 0.25) is 0 Å². The molecule has 0 radical (unpaired) electrons. The second-order valence-electron chi connectivity index (χ2n) is 6.73. The van der Waals surface area contributed by atoms with E-state index in [4.69, 9.17) is 4.74 Å². The van der Waals surface area contributed by atoms with Gasteiger partial charge in [-0.3, -0.25) is 4.79 Å². The van der Waals surface area contributed by atoms with Crippen LogP contribution in [-0.2, 0) is 9.53 Å². The lowest BCUT2D eigenvalue weighted by Gasteiger charge is -2.44. The van der Waals surface area contributed by atoms with Gasteiger partial charge < -0.3 is 15.2 Å². The fourth-order valence-corrected chi connectivity index (χ4v) is 2.75. The molecule has 0 saturated carbocycles. The molecule has 0 spiro atoms. The van der Waals surface area contributed by atoms with Gasteiger partial charge in [-0.05, 0) is 37.6 Å². The topological polar surface area (TPSA) is 58.6 Å². The molecule has 0 bridgehead atoms. The lowest BCUT2D eigenvalue weighted by atomic mass is 9.66. The molecular weight excluding hydrogens is 230 g/mol. The van der Waals surface area contributed by atoms with Gasteiger partial charge >= 0.3 is 5.97 Å². The van der Waals surface area contributed by atoms with Gasteiger partial charge in [0.2, 0.25) is 0 Å². The average Bonchev–Trinajstić information content (AvgIpc) is 2.27. The molecular formula is C14H27NO3. The third-order valence-electron chi connectivity index (χ3n) is 4.25. The first-order valence-corrected chi connectivity index (χ1v) is 6.68. The van der Waals surface area contributed by atoms with Crippen LogP contribution in [0.1, 0.15) is 40.5 Å². The molecule has 4 heteroatoms. The van der Waals surface area contributed by atoms with Crippen molar-refractivity contribution in [1.29, 1.82) is 0 Å². The van der Waals surface area contributed by atoms with Gasteiger partial charge in [0.15, 0.2) is 0 Å². The molecule has 106 valence electrons. The highest BCUT2D eigenvalue weighted by Gasteiger charge is 2.46. The Kier molecular flexibility index (Phi) is 4.78. The standard InChI is InChI=1S/C14H27NO3/c1-10(18-5)6-14(12(16)17)7-11(8-15-9-14)13(2,3)4/h10-11,15H,6-9H2,1-5H3,(H,16,17)/t10?,11-,14-/m1/s1. The first-order chi connectivity index (χ1) is 8.21. The summed E-state index contributed by atoms with van der Waals surface area (Å²) in [6.45, 7) is 9.92. The van der Waals surface area contributed by atoms with E-state index < -0.39 is 11.4 Å². The van der Waals surface area contributed by atoms with Crippen LogP contribution in [0.15, 0.2) is 0 Å². The maximum absolute atomic E-state index is 11.7. The summed E-state index contributed by atoms with van der Waals surface area (Å²) in [6.07, 6.45) is 1.27. The van der Waals surface area contributed by atoms with Crippen molar-refractivity contribution in [3.05, 3.63) is 0 Å². The van der Waals surface area contributed by atoms with Gasteiger partial charge in [0.25, 0.3) is 0 Å². The highest BCUT2D eigenvalue weighted by Crippen LogP contribution is 2.41. The number of carboxylic acid groups (broad SMARTS) is 1.